The minimum Gasteiger partial charge on any atom is -0.465 e. The number of benzene rings is 1. The van der Waals surface area contributed by atoms with Gasteiger partial charge in [0.15, 0.2) is 0 Å². The molecule has 0 bridgehead atoms. The SMILES string of the molecule is O=C(O)N[C@@H]1CC(=O)N(c2ccc3c(c2)CCNCC3)C1. The van der Waals surface area contributed by atoms with Gasteiger partial charge in [-0.15, -0.1) is 0 Å². The van der Waals surface area contributed by atoms with Gasteiger partial charge in [-0.05, 0) is 49.2 Å². The average molecular weight is 289 g/mol. The molecule has 2 amide bonds. The maximum absolute atomic E-state index is 12.1. The fourth-order valence-electron chi connectivity index (χ4n) is 3.06. The number of hydrogen-bond acceptors (Lipinski definition) is 3. The van der Waals surface area contributed by atoms with Crippen LogP contribution in [0.1, 0.15) is 17.5 Å². The van der Waals surface area contributed by atoms with Gasteiger partial charge < -0.3 is 20.6 Å². The monoisotopic (exact) mass is 289 g/mol. The van der Waals surface area contributed by atoms with E-state index < -0.39 is 6.09 Å². The van der Waals surface area contributed by atoms with Crippen molar-refractivity contribution < 1.29 is 14.7 Å². The van der Waals surface area contributed by atoms with Gasteiger partial charge in [-0.1, -0.05) is 6.07 Å². The summed E-state index contributed by atoms with van der Waals surface area (Å²) in [6.07, 6.45) is 1.11. The summed E-state index contributed by atoms with van der Waals surface area (Å²) >= 11 is 0. The van der Waals surface area contributed by atoms with E-state index in [0.29, 0.717) is 6.54 Å². The zero-order chi connectivity index (χ0) is 14.8. The molecule has 2 heterocycles. The van der Waals surface area contributed by atoms with Crippen LogP contribution in [0.25, 0.3) is 0 Å². The molecule has 1 aromatic carbocycles. The number of anilines is 1. The number of carbonyl (C=O) groups excluding carboxylic acids is 1. The molecule has 1 saturated heterocycles. The van der Waals surface area contributed by atoms with Crippen LogP contribution in [0.3, 0.4) is 0 Å². The molecular weight excluding hydrogens is 270 g/mol. The molecule has 2 aliphatic rings. The molecule has 0 saturated carbocycles. The largest absolute Gasteiger partial charge is 0.465 e. The van der Waals surface area contributed by atoms with Gasteiger partial charge in [-0.2, -0.15) is 0 Å². The molecule has 1 aromatic rings. The van der Waals surface area contributed by atoms with Crippen LogP contribution in [-0.2, 0) is 17.6 Å². The molecule has 0 unspecified atom stereocenters. The van der Waals surface area contributed by atoms with Gasteiger partial charge in [-0.3, -0.25) is 4.79 Å². The number of nitrogens with one attached hydrogen (secondary N) is 2. The summed E-state index contributed by atoms with van der Waals surface area (Å²) in [5.41, 5.74) is 3.48. The van der Waals surface area contributed by atoms with Crippen molar-refractivity contribution in [2.45, 2.75) is 25.3 Å². The van der Waals surface area contributed by atoms with Crippen molar-refractivity contribution in [1.29, 1.82) is 0 Å². The highest BCUT2D eigenvalue weighted by Gasteiger charge is 2.31. The zero-order valence-electron chi connectivity index (χ0n) is 11.8. The standard InChI is InChI=1S/C15H19N3O3/c19-14-8-12(17-15(20)21)9-18(14)13-2-1-10-3-5-16-6-4-11(10)7-13/h1-2,7,12,16-17H,3-6,8-9H2,(H,20,21)/t12-/m1/s1. The lowest BCUT2D eigenvalue weighted by atomic mass is 10.0. The summed E-state index contributed by atoms with van der Waals surface area (Å²) in [6, 6.07) is 5.80. The van der Waals surface area contributed by atoms with Crippen molar-refractivity contribution in [3.63, 3.8) is 0 Å². The number of nitrogens with zero attached hydrogens (tertiary/aromatic N) is 1. The molecule has 1 fully saturated rings. The van der Waals surface area contributed by atoms with Gasteiger partial charge in [0.05, 0.1) is 6.04 Å². The Hall–Kier alpha value is -2.08. The summed E-state index contributed by atoms with van der Waals surface area (Å²) in [5, 5.41) is 14.5. The van der Waals surface area contributed by atoms with Crippen molar-refractivity contribution in [2.75, 3.05) is 24.5 Å². The highest BCUT2D eigenvalue weighted by molar-refractivity contribution is 5.96. The first-order valence-corrected chi connectivity index (χ1v) is 7.26. The van der Waals surface area contributed by atoms with Gasteiger partial charge >= 0.3 is 6.09 Å². The lowest BCUT2D eigenvalue weighted by molar-refractivity contribution is -0.117. The molecule has 0 spiro atoms. The minimum absolute atomic E-state index is 0.0274. The van der Waals surface area contributed by atoms with E-state index >= 15 is 0 Å². The predicted octanol–water partition coefficient (Wildman–Crippen LogP) is 0.748. The van der Waals surface area contributed by atoms with E-state index in [1.807, 2.05) is 6.07 Å². The maximum atomic E-state index is 12.1. The first-order valence-electron chi connectivity index (χ1n) is 7.26. The second kappa shape index (κ2) is 5.73. The Balaban J connectivity index is 1.79. The third-order valence-electron chi connectivity index (χ3n) is 4.10. The van der Waals surface area contributed by atoms with Crippen LogP contribution in [0.15, 0.2) is 18.2 Å². The fraction of sp³-hybridized carbons (Fsp3) is 0.467. The lowest BCUT2D eigenvalue weighted by Gasteiger charge is -2.18. The number of carboxylic acid groups (broad SMARTS) is 1. The summed E-state index contributed by atoms with van der Waals surface area (Å²) in [4.78, 5) is 24.5. The Bertz CT molecular complexity index is 573. The summed E-state index contributed by atoms with van der Waals surface area (Å²) in [7, 11) is 0. The van der Waals surface area contributed by atoms with Gasteiger partial charge in [0.2, 0.25) is 5.91 Å². The van der Waals surface area contributed by atoms with Crippen LogP contribution in [0.5, 0.6) is 0 Å². The Morgan fingerprint density at radius 1 is 1.29 bits per heavy atom. The molecule has 0 aromatic heterocycles. The molecule has 0 radical (unpaired) electrons. The first-order chi connectivity index (χ1) is 10.1. The molecule has 3 N–H and O–H groups in total. The Morgan fingerprint density at radius 3 is 2.81 bits per heavy atom. The average Bonchev–Trinajstić information content (AvgIpc) is 2.67. The van der Waals surface area contributed by atoms with E-state index in [1.165, 1.54) is 11.1 Å². The van der Waals surface area contributed by atoms with Gasteiger partial charge in [-0.25, -0.2) is 4.79 Å². The molecular formula is C15H19N3O3. The van der Waals surface area contributed by atoms with Crippen LogP contribution in [0.2, 0.25) is 0 Å². The van der Waals surface area contributed by atoms with Crippen molar-refractivity contribution in [2.24, 2.45) is 0 Å². The first kappa shape index (κ1) is 13.9. The summed E-state index contributed by atoms with van der Waals surface area (Å²) in [6.45, 7) is 2.34. The predicted molar refractivity (Wildman–Crippen MR) is 78.6 cm³/mol. The van der Waals surface area contributed by atoms with E-state index in [9.17, 15) is 9.59 Å². The van der Waals surface area contributed by atoms with Crippen molar-refractivity contribution >= 4 is 17.7 Å². The van der Waals surface area contributed by atoms with Crippen LogP contribution in [0.4, 0.5) is 10.5 Å². The smallest absolute Gasteiger partial charge is 0.404 e. The highest BCUT2D eigenvalue weighted by Crippen LogP contribution is 2.25. The third kappa shape index (κ3) is 3.00. The zero-order valence-corrected chi connectivity index (χ0v) is 11.8. The molecule has 3 rings (SSSR count). The maximum Gasteiger partial charge on any atom is 0.404 e. The lowest BCUT2D eigenvalue weighted by Crippen LogP contribution is -2.36. The van der Waals surface area contributed by atoms with Gasteiger partial charge in [0.25, 0.3) is 0 Å². The third-order valence-corrected chi connectivity index (χ3v) is 4.10. The van der Waals surface area contributed by atoms with Crippen molar-refractivity contribution in [3.05, 3.63) is 29.3 Å². The Morgan fingerprint density at radius 2 is 2.05 bits per heavy atom. The van der Waals surface area contributed by atoms with Crippen molar-refractivity contribution in [1.82, 2.24) is 10.6 Å². The topological polar surface area (TPSA) is 81.7 Å². The van der Waals surface area contributed by atoms with E-state index in [2.05, 4.69) is 22.8 Å². The van der Waals surface area contributed by atoms with E-state index in [1.54, 1.807) is 4.90 Å². The van der Waals surface area contributed by atoms with Crippen LogP contribution < -0.4 is 15.5 Å². The molecule has 6 nitrogen and oxygen atoms in total. The van der Waals surface area contributed by atoms with Crippen LogP contribution >= 0.6 is 0 Å². The highest BCUT2D eigenvalue weighted by atomic mass is 16.4. The number of carbonyl (C=O) groups is 2. The normalized spacial score (nSPS) is 21.8. The Kier molecular flexibility index (Phi) is 3.79. The van der Waals surface area contributed by atoms with Gasteiger partial charge in [0.1, 0.15) is 0 Å². The van der Waals surface area contributed by atoms with E-state index in [0.717, 1.165) is 31.6 Å². The summed E-state index contributed by atoms with van der Waals surface area (Å²) in [5.74, 6) is -0.0274. The van der Waals surface area contributed by atoms with Crippen molar-refractivity contribution in [3.8, 4) is 0 Å². The van der Waals surface area contributed by atoms with Crippen LogP contribution in [0, 0.1) is 0 Å². The molecule has 6 heteroatoms. The number of fused-ring (bicyclic) bond motifs is 1. The summed E-state index contributed by atoms with van der Waals surface area (Å²) < 4.78 is 0. The number of amides is 2. The second-order valence-corrected chi connectivity index (χ2v) is 5.56. The quantitative estimate of drug-likeness (QED) is 0.750. The van der Waals surface area contributed by atoms with E-state index in [-0.39, 0.29) is 18.4 Å². The molecule has 1 atom stereocenters. The van der Waals surface area contributed by atoms with Gasteiger partial charge in [0, 0.05) is 18.7 Å². The molecule has 0 aliphatic carbocycles. The fourth-order valence-corrected chi connectivity index (χ4v) is 3.06. The minimum atomic E-state index is -1.08. The second-order valence-electron chi connectivity index (χ2n) is 5.56. The van der Waals surface area contributed by atoms with E-state index in [4.69, 9.17) is 5.11 Å². The number of hydrogen-bond donors (Lipinski definition) is 3. The number of rotatable bonds is 2. The Labute approximate surface area is 123 Å². The molecule has 112 valence electrons. The molecule has 2 aliphatic heterocycles. The molecule has 21 heavy (non-hydrogen) atoms. The van der Waals surface area contributed by atoms with Crippen LogP contribution in [-0.4, -0.2) is 42.8 Å².